The Morgan fingerprint density at radius 2 is 1.93 bits per heavy atom. The van der Waals surface area contributed by atoms with Crippen LogP contribution in [0.25, 0.3) is 0 Å². The molecule has 1 aromatic rings. The van der Waals surface area contributed by atoms with Gasteiger partial charge in [0.05, 0.1) is 0 Å². The highest BCUT2D eigenvalue weighted by molar-refractivity contribution is 5.76. The SMILES string of the molecule is CCc1ncc(CN2CCN(C)C3(CCC(=O)N(CC4CC4)CC3)C2)cn1. The van der Waals surface area contributed by atoms with Crippen molar-refractivity contribution in [2.24, 2.45) is 5.92 Å². The van der Waals surface area contributed by atoms with E-state index in [9.17, 15) is 4.79 Å². The number of rotatable bonds is 5. The van der Waals surface area contributed by atoms with Crippen LogP contribution in [0.3, 0.4) is 0 Å². The van der Waals surface area contributed by atoms with Crippen LogP contribution in [0.2, 0.25) is 0 Å². The lowest BCUT2D eigenvalue weighted by Gasteiger charge is -2.49. The fraction of sp³-hybridized carbons (Fsp3) is 0.762. The summed E-state index contributed by atoms with van der Waals surface area (Å²) >= 11 is 0. The van der Waals surface area contributed by atoms with Crippen LogP contribution in [0.4, 0.5) is 0 Å². The summed E-state index contributed by atoms with van der Waals surface area (Å²) in [6.45, 7) is 8.05. The number of likely N-dealkylation sites (N-methyl/N-ethyl adjacent to an activating group) is 1. The first kappa shape index (κ1) is 18.8. The Kier molecular flexibility index (Phi) is 5.46. The van der Waals surface area contributed by atoms with E-state index in [-0.39, 0.29) is 5.54 Å². The van der Waals surface area contributed by atoms with Gasteiger partial charge in [-0.1, -0.05) is 6.92 Å². The van der Waals surface area contributed by atoms with Crippen molar-refractivity contribution in [2.75, 3.05) is 39.8 Å². The predicted molar refractivity (Wildman–Crippen MR) is 105 cm³/mol. The van der Waals surface area contributed by atoms with Gasteiger partial charge in [0.15, 0.2) is 0 Å². The number of hydrogen-bond acceptors (Lipinski definition) is 5. The third-order valence-electron chi connectivity index (χ3n) is 6.74. The van der Waals surface area contributed by atoms with E-state index in [0.29, 0.717) is 12.3 Å². The Labute approximate surface area is 162 Å². The second-order valence-electron chi connectivity index (χ2n) is 8.75. The second-order valence-corrected chi connectivity index (χ2v) is 8.75. The highest BCUT2D eigenvalue weighted by Crippen LogP contribution is 2.35. The lowest BCUT2D eigenvalue weighted by molar-refractivity contribution is -0.131. The Hall–Kier alpha value is -1.53. The second kappa shape index (κ2) is 7.84. The maximum absolute atomic E-state index is 12.6. The van der Waals surface area contributed by atoms with E-state index in [1.54, 1.807) is 0 Å². The lowest BCUT2D eigenvalue weighted by atomic mass is 9.86. The summed E-state index contributed by atoms with van der Waals surface area (Å²) in [5.74, 6) is 2.05. The smallest absolute Gasteiger partial charge is 0.222 e. The standard InChI is InChI=1S/C21H33N5O/c1-3-19-22-12-18(13-23-19)14-25-11-10-24(2)21(16-25)7-6-20(27)26(9-8-21)15-17-4-5-17/h12-13,17H,3-11,14-16H2,1-2H3. The topological polar surface area (TPSA) is 52.6 Å². The molecule has 1 spiro atoms. The monoisotopic (exact) mass is 371 g/mol. The zero-order valence-electron chi connectivity index (χ0n) is 16.9. The molecule has 1 atom stereocenters. The third kappa shape index (κ3) is 4.32. The van der Waals surface area contributed by atoms with Crippen molar-refractivity contribution < 1.29 is 4.79 Å². The Morgan fingerprint density at radius 3 is 2.63 bits per heavy atom. The van der Waals surface area contributed by atoms with E-state index in [4.69, 9.17) is 0 Å². The van der Waals surface area contributed by atoms with Crippen molar-refractivity contribution in [3.05, 3.63) is 23.8 Å². The number of amides is 1. The molecule has 3 heterocycles. The summed E-state index contributed by atoms with van der Waals surface area (Å²) in [4.78, 5) is 28.7. The molecule has 148 valence electrons. The van der Waals surface area contributed by atoms with E-state index >= 15 is 0 Å². The fourth-order valence-corrected chi connectivity index (χ4v) is 4.62. The normalized spacial score (nSPS) is 27.9. The van der Waals surface area contributed by atoms with E-state index < -0.39 is 0 Å². The molecule has 27 heavy (non-hydrogen) atoms. The van der Waals surface area contributed by atoms with Crippen molar-refractivity contribution in [2.45, 2.75) is 57.5 Å². The van der Waals surface area contributed by atoms with Crippen LogP contribution in [0, 0.1) is 5.92 Å². The van der Waals surface area contributed by atoms with Crippen LogP contribution in [0.15, 0.2) is 12.4 Å². The van der Waals surface area contributed by atoms with Gasteiger partial charge < -0.3 is 4.90 Å². The number of carbonyl (C=O) groups is 1. The van der Waals surface area contributed by atoms with Gasteiger partial charge in [-0.2, -0.15) is 0 Å². The molecule has 1 aromatic heterocycles. The van der Waals surface area contributed by atoms with Crippen LogP contribution in [-0.2, 0) is 17.8 Å². The van der Waals surface area contributed by atoms with Gasteiger partial charge in [0.1, 0.15) is 5.82 Å². The highest BCUT2D eigenvalue weighted by Gasteiger charge is 2.42. The molecule has 1 aliphatic carbocycles. The number of likely N-dealkylation sites (tertiary alicyclic amines) is 1. The first-order valence-electron chi connectivity index (χ1n) is 10.6. The molecule has 2 aliphatic heterocycles. The minimum atomic E-state index is 0.121. The molecule has 4 rings (SSSR count). The fourth-order valence-electron chi connectivity index (χ4n) is 4.62. The van der Waals surface area contributed by atoms with Gasteiger partial charge in [0.2, 0.25) is 5.91 Å². The average Bonchev–Trinajstić information content (AvgIpc) is 3.51. The van der Waals surface area contributed by atoms with E-state index in [1.807, 2.05) is 12.4 Å². The molecule has 1 amide bonds. The summed E-state index contributed by atoms with van der Waals surface area (Å²) < 4.78 is 0. The quantitative estimate of drug-likeness (QED) is 0.792. The van der Waals surface area contributed by atoms with Crippen molar-refractivity contribution in [3.63, 3.8) is 0 Å². The summed E-state index contributed by atoms with van der Waals surface area (Å²) in [7, 11) is 2.25. The molecular formula is C21H33N5O. The zero-order valence-corrected chi connectivity index (χ0v) is 16.9. The molecule has 3 fully saturated rings. The lowest BCUT2D eigenvalue weighted by Crippen LogP contribution is -2.60. The van der Waals surface area contributed by atoms with Gasteiger partial charge in [0, 0.05) is 75.6 Å². The van der Waals surface area contributed by atoms with Crippen molar-refractivity contribution >= 4 is 5.91 Å². The molecule has 0 radical (unpaired) electrons. The first-order valence-corrected chi connectivity index (χ1v) is 10.6. The number of hydrogen-bond donors (Lipinski definition) is 0. The van der Waals surface area contributed by atoms with E-state index in [1.165, 1.54) is 18.4 Å². The molecule has 0 N–H and O–H groups in total. The number of carbonyl (C=O) groups excluding carboxylic acids is 1. The van der Waals surface area contributed by atoms with Gasteiger partial charge >= 0.3 is 0 Å². The predicted octanol–water partition coefficient (Wildman–Crippen LogP) is 1.95. The highest BCUT2D eigenvalue weighted by atomic mass is 16.2. The molecule has 1 saturated carbocycles. The van der Waals surface area contributed by atoms with Gasteiger partial charge in [-0.3, -0.25) is 14.6 Å². The van der Waals surface area contributed by atoms with Crippen LogP contribution in [0.1, 0.15) is 50.4 Å². The number of aryl methyl sites for hydroxylation is 1. The van der Waals surface area contributed by atoms with Crippen molar-refractivity contribution in [1.82, 2.24) is 24.7 Å². The van der Waals surface area contributed by atoms with Crippen LogP contribution < -0.4 is 0 Å². The maximum atomic E-state index is 12.6. The molecule has 0 bridgehead atoms. The summed E-state index contributed by atoms with van der Waals surface area (Å²) in [5.41, 5.74) is 1.31. The maximum Gasteiger partial charge on any atom is 0.222 e. The summed E-state index contributed by atoms with van der Waals surface area (Å²) in [6, 6.07) is 0. The summed E-state index contributed by atoms with van der Waals surface area (Å²) in [5, 5.41) is 0. The molecule has 6 nitrogen and oxygen atoms in total. The molecular weight excluding hydrogens is 338 g/mol. The Morgan fingerprint density at radius 1 is 1.15 bits per heavy atom. The summed E-state index contributed by atoms with van der Waals surface area (Å²) in [6.07, 6.45) is 10.2. The first-order chi connectivity index (χ1) is 13.1. The van der Waals surface area contributed by atoms with Gasteiger partial charge in [-0.15, -0.1) is 0 Å². The van der Waals surface area contributed by atoms with Crippen LogP contribution >= 0.6 is 0 Å². The largest absolute Gasteiger partial charge is 0.342 e. The van der Waals surface area contributed by atoms with E-state index in [0.717, 1.165) is 70.3 Å². The van der Waals surface area contributed by atoms with Crippen molar-refractivity contribution in [3.8, 4) is 0 Å². The third-order valence-corrected chi connectivity index (χ3v) is 6.74. The zero-order chi connectivity index (χ0) is 18.9. The number of nitrogens with zero attached hydrogens (tertiary/aromatic N) is 5. The van der Waals surface area contributed by atoms with Crippen molar-refractivity contribution in [1.29, 1.82) is 0 Å². The van der Waals surface area contributed by atoms with Crippen LogP contribution in [-0.4, -0.2) is 75.9 Å². The molecule has 1 unspecified atom stereocenters. The minimum Gasteiger partial charge on any atom is -0.342 e. The molecule has 3 aliphatic rings. The molecule has 0 aromatic carbocycles. The van der Waals surface area contributed by atoms with E-state index in [2.05, 4.69) is 38.6 Å². The minimum absolute atomic E-state index is 0.121. The Bertz CT molecular complexity index is 659. The van der Waals surface area contributed by atoms with Gasteiger partial charge in [-0.25, -0.2) is 9.97 Å². The number of aromatic nitrogens is 2. The molecule has 2 saturated heterocycles. The van der Waals surface area contributed by atoms with Crippen LogP contribution in [0.5, 0.6) is 0 Å². The molecule has 6 heteroatoms. The van der Waals surface area contributed by atoms with Gasteiger partial charge in [0.25, 0.3) is 0 Å². The van der Waals surface area contributed by atoms with Gasteiger partial charge in [-0.05, 0) is 38.6 Å². The Balaban J connectivity index is 1.42. The average molecular weight is 372 g/mol. The number of piperazine rings is 1.